The molecule has 0 radical (unpaired) electrons. The second kappa shape index (κ2) is 7.72. The molecule has 1 aliphatic rings. The molecule has 0 saturated heterocycles. The number of fused-ring (bicyclic) bond motifs is 1. The van der Waals surface area contributed by atoms with E-state index in [1.807, 2.05) is 12.1 Å². The first-order valence-electron chi connectivity index (χ1n) is 9.11. The Hall–Kier alpha value is -2.64. The Labute approximate surface area is 155 Å². The van der Waals surface area contributed by atoms with Crippen LogP contribution in [0.5, 0.6) is 0 Å². The maximum absolute atomic E-state index is 12.6. The van der Waals surface area contributed by atoms with Crippen molar-refractivity contribution in [2.45, 2.75) is 33.2 Å². The monoisotopic (exact) mass is 347 g/mol. The van der Waals surface area contributed by atoms with Crippen molar-refractivity contribution < 1.29 is 4.79 Å². The van der Waals surface area contributed by atoms with Gasteiger partial charge in [-0.1, -0.05) is 26.0 Å². The van der Waals surface area contributed by atoms with E-state index >= 15 is 0 Å². The van der Waals surface area contributed by atoms with Crippen molar-refractivity contribution in [3.63, 3.8) is 0 Å². The summed E-state index contributed by atoms with van der Waals surface area (Å²) in [4.78, 5) is 14.9. The summed E-state index contributed by atoms with van der Waals surface area (Å²) in [5.41, 5.74) is 5.51. The first-order valence-corrected chi connectivity index (χ1v) is 9.11. The van der Waals surface area contributed by atoms with Crippen LogP contribution in [0.1, 0.15) is 46.5 Å². The molecule has 0 atom stereocenters. The standard InChI is InChI=1S/C22H25N3O/c1-15(2)10-17-4-5-18(11-19(17)13-23)22(26)24-21-7-6-16-8-9-25(3)14-20(16)12-21/h4-7,11-12,15H,8-10,14H2,1-3H3,(H,24,26). The third kappa shape index (κ3) is 4.12. The van der Waals surface area contributed by atoms with Crippen LogP contribution in [0.3, 0.4) is 0 Å². The Morgan fingerprint density at radius 1 is 1.23 bits per heavy atom. The number of benzene rings is 2. The number of hydrogen-bond donors (Lipinski definition) is 1. The van der Waals surface area contributed by atoms with Crippen LogP contribution in [0, 0.1) is 17.2 Å². The van der Waals surface area contributed by atoms with Gasteiger partial charge in [-0.25, -0.2) is 0 Å². The third-order valence-electron chi connectivity index (χ3n) is 4.79. The smallest absolute Gasteiger partial charge is 0.255 e. The molecule has 134 valence electrons. The summed E-state index contributed by atoms with van der Waals surface area (Å²) in [6.45, 7) is 6.21. The zero-order valence-electron chi connectivity index (χ0n) is 15.7. The van der Waals surface area contributed by atoms with Gasteiger partial charge in [-0.2, -0.15) is 5.26 Å². The average Bonchev–Trinajstić information content (AvgIpc) is 2.61. The molecule has 0 aliphatic carbocycles. The molecule has 0 spiro atoms. The lowest BCUT2D eigenvalue weighted by Crippen LogP contribution is -2.26. The van der Waals surface area contributed by atoms with Crippen LogP contribution in [-0.4, -0.2) is 24.4 Å². The lowest BCUT2D eigenvalue weighted by atomic mass is 9.96. The molecule has 0 aromatic heterocycles. The topological polar surface area (TPSA) is 56.1 Å². The average molecular weight is 347 g/mol. The summed E-state index contributed by atoms with van der Waals surface area (Å²) < 4.78 is 0. The molecule has 0 bridgehead atoms. The first-order chi connectivity index (χ1) is 12.5. The lowest BCUT2D eigenvalue weighted by molar-refractivity contribution is 0.102. The van der Waals surface area contributed by atoms with Crippen molar-refractivity contribution in [2.75, 3.05) is 18.9 Å². The van der Waals surface area contributed by atoms with E-state index in [9.17, 15) is 10.1 Å². The molecule has 1 N–H and O–H groups in total. The van der Waals surface area contributed by atoms with Crippen molar-refractivity contribution >= 4 is 11.6 Å². The molecule has 4 heteroatoms. The van der Waals surface area contributed by atoms with Crippen molar-refractivity contribution in [3.8, 4) is 6.07 Å². The van der Waals surface area contributed by atoms with E-state index in [0.29, 0.717) is 17.0 Å². The molecule has 1 aliphatic heterocycles. The quantitative estimate of drug-likeness (QED) is 0.909. The van der Waals surface area contributed by atoms with Gasteiger partial charge in [0.2, 0.25) is 0 Å². The second-order valence-corrected chi connectivity index (χ2v) is 7.51. The highest BCUT2D eigenvalue weighted by Crippen LogP contribution is 2.23. The van der Waals surface area contributed by atoms with E-state index in [2.05, 4.69) is 49.3 Å². The maximum Gasteiger partial charge on any atom is 0.255 e. The van der Waals surface area contributed by atoms with Crippen LogP contribution >= 0.6 is 0 Å². The molecule has 0 fully saturated rings. The molecule has 3 rings (SSSR count). The van der Waals surface area contributed by atoms with E-state index in [-0.39, 0.29) is 5.91 Å². The minimum absolute atomic E-state index is 0.179. The van der Waals surface area contributed by atoms with Gasteiger partial charge in [-0.3, -0.25) is 4.79 Å². The summed E-state index contributed by atoms with van der Waals surface area (Å²) >= 11 is 0. The summed E-state index contributed by atoms with van der Waals surface area (Å²) in [7, 11) is 2.11. The van der Waals surface area contributed by atoms with E-state index in [0.717, 1.165) is 37.2 Å². The summed E-state index contributed by atoms with van der Waals surface area (Å²) in [6.07, 6.45) is 1.88. The Balaban J connectivity index is 1.78. The highest BCUT2D eigenvalue weighted by Gasteiger charge is 2.15. The van der Waals surface area contributed by atoms with Crippen LogP contribution in [0.2, 0.25) is 0 Å². The molecular formula is C22H25N3O. The number of hydrogen-bond acceptors (Lipinski definition) is 3. The third-order valence-corrected chi connectivity index (χ3v) is 4.79. The van der Waals surface area contributed by atoms with E-state index in [1.165, 1.54) is 11.1 Å². The fourth-order valence-electron chi connectivity index (χ4n) is 3.42. The number of anilines is 1. The lowest BCUT2D eigenvalue weighted by Gasteiger charge is -2.25. The predicted molar refractivity (Wildman–Crippen MR) is 104 cm³/mol. The number of likely N-dealkylation sites (N-methyl/N-ethyl adjacent to an activating group) is 1. The van der Waals surface area contributed by atoms with Crippen LogP contribution in [-0.2, 0) is 19.4 Å². The zero-order valence-corrected chi connectivity index (χ0v) is 15.7. The molecule has 4 nitrogen and oxygen atoms in total. The molecule has 26 heavy (non-hydrogen) atoms. The van der Waals surface area contributed by atoms with Gasteiger partial charge in [0, 0.05) is 24.3 Å². The van der Waals surface area contributed by atoms with E-state index < -0.39 is 0 Å². The molecule has 2 aromatic carbocycles. The minimum atomic E-state index is -0.179. The first kappa shape index (κ1) is 18.2. The number of carbonyl (C=O) groups excluding carboxylic acids is 1. The van der Waals surface area contributed by atoms with Gasteiger partial charge >= 0.3 is 0 Å². The molecule has 2 aromatic rings. The van der Waals surface area contributed by atoms with Crippen molar-refractivity contribution in [1.82, 2.24) is 4.90 Å². The number of amides is 1. The summed E-state index contributed by atoms with van der Waals surface area (Å²) in [6, 6.07) is 13.7. The Morgan fingerprint density at radius 2 is 2.04 bits per heavy atom. The summed E-state index contributed by atoms with van der Waals surface area (Å²) in [5, 5.41) is 12.4. The van der Waals surface area contributed by atoms with Gasteiger partial charge in [-0.15, -0.1) is 0 Å². The van der Waals surface area contributed by atoms with Gasteiger partial charge in [0.05, 0.1) is 11.6 Å². The fraction of sp³-hybridized carbons (Fsp3) is 0.364. The minimum Gasteiger partial charge on any atom is -0.322 e. The predicted octanol–water partition coefficient (Wildman–Crippen LogP) is 4.00. The van der Waals surface area contributed by atoms with Crippen molar-refractivity contribution in [1.29, 1.82) is 5.26 Å². The fourth-order valence-corrected chi connectivity index (χ4v) is 3.42. The van der Waals surface area contributed by atoms with Crippen molar-refractivity contribution in [2.24, 2.45) is 5.92 Å². The van der Waals surface area contributed by atoms with E-state index in [4.69, 9.17) is 0 Å². The van der Waals surface area contributed by atoms with Gasteiger partial charge in [0.25, 0.3) is 5.91 Å². The molecule has 1 amide bonds. The summed E-state index contributed by atoms with van der Waals surface area (Å²) in [5.74, 6) is 0.289. The number of nitrogens with zero attached hydrogens (tertiary/aromatic N) is 2. The van der Waals surface area contributed by atoms with Crippen molar-refractivity contribution in [3.05, 3.63) is 64.2 Å². The zero-order chi connectivity index (χ0) is 18.7. The SMILES string of the molecule is CC(C)Cc1ccc(C(=O)Nc2ccc3c(c2)CN(C)CC3)cc1C#N. The van der Waals surface area contributed by atoms with Crippen LogP contribution in [0.4, 0.5) is 5.69 Å². The Kier molecular flexibility index (Phi) is 5.39. The van der Waals surface area contributed by atoms with Gasteiger partial charge in [0.15, 0.2) is 0 Å². The Bertz CT molecular complexity index is 864. The number of carbonyl (C=O) groups is 1. The van der Waals surface area contributed by atoms with E-state index in [1.54, 1.807) is 12.1 Å². The van der Waals surface area contributed by atoms with Gasteiger partial charge < -0.3 is 10.2 Å². The maximum atomic E-state index is 12.6. The normalized spacial score (nSPS) is 14.0. The highest BCUT2D eigenvalue weighted by atomic mass is 16.1. The Morgan fingerprint density at radius 3 is 2.77 bits per heavy atom. The number of nitriles is 1. The number of nitrogens with one attached hydrogen (secondary N) is 1. The van der Waals surface area contributed by atoms with Crippen LogP contribution in [0.15, 0.2) is 36.4 Å². The largest absolute Gasteiger partial charge is 0.322 e. The van der Waals surface area contributed by atoms with Gasteiger partial charge in [0.1, 0.15) is 0 Å². The van der Waals surface area contributed by atoms with Gasteiger partial charge in [-0.05, 0) is 66.8 Å². The van der Waals surface area contributed by atoms with Crippen LogP contribution < -0.4 is 5.32 Å². The molecule has 0 unspecified atom stereocenters. The second-order valence-electron chi connectivity index (χ2n) is 7.51. The molecule has 0 saturated carbocycles. The number of rotatable bonds is 4. The molecule has 1 heterocycles. The molecular weight excluding hydrogens is 322 g/mol. The highest BCUT2D eigenvalue weighted by molar-refractivity contribution is 6.04. The van der Waals surface area contributed by atoms with Crippen LogP contribution in [0.25, 0.3) is 0 Å².